The Kier molecular flexibility index (Phi) is 9.71. The van der Waals surface area contributed by atoms with E-state index in [-0.39, 0.29) is 17.7 Å². The van der Waals surface area contributed by atoms with Gasteiger partial charge in [-0.05, 0) is 59.2 Å². The number of rotatable bonds is 7. The van der Waals surface area contributed by atoms with E-state index in [1.807, 2.05) is 119 Å². The first-order chi connectivity index (χ1) is 30.0. The van der Waals surface area contributed by atoms with E-state index in [1.54, 1.807) is 39.9 Å². The zero-order valence-corrected chi connectivity index (χ0v) is 32.7. The van der Waals surface area contributed by atoms with Crippen LogP contribution >= 0.6 is 0 Å². The Hall–Kier alpha value is -8.10. The number of aliphatic hydroxyl groups is 1. The van der Waals surface area contributed by atoms with Crippen LogP contribution in [0.5, 0.6) is 0 Å². The molecule has 1 N–H and O–H groups in total. The number of para-hydroxylation sites is 2. The Balaban J connectivity index is 0.000000146. The van der Waals surface area contributed by atoms with Crippen LogP contribution in [-0.2, 0) is 19.6 Å². The van der Waals surface area contributed by atoms with Crippen molar-refractivity contribution in [1.29, 1.82) is 0 Å². The summed E-state index contributed by atoms with van der Waals surface area (Å²) in [6.07, 6.45) is 9.71. The maximum Gasteiger partial charge on any atom is 0.255 e. The molecule has 0 unspecified atom stereocenters. The molecule has 8 heterocycles. The maximum absolute atomic E-state index is 13.1. The smallest absolute Gasteiger partial charge is 0.255 e. The number of aromatic nitrogens is 9. The summed E-state index contributed by atoms with van der Waals surface area (Å²) < 4.78 is 5.35. The predicted octanol–water partition coefficient (Wildman–Crippen LogP) is 6.59. The summed E-state index contributed by atoms with van der Waals surface area (Å²) in [7, 11) is 0. The maximum atomic E-state index is 13.1. The highest BCUT2D eigenvalue weighted by atomic mass is 16.3. The summed E-state index contributed by atoms with van der Waals surface area (Å²) in [5.41, 5.74) is 8.97. The molecule has 0 saturated heterocycles. The minimum Gasteiger partial charge on any atom is -0.387 e. The second kappa shape index (κ2) is 15.9. The van der Waals surface area contributed by atoms with E-state index >= 15 is 0 Å². The molecule has 61 heavy (non-hydrogen) atoms. The zero-order valence-electron chi connectivity index (χ0n) is 32.7. The quantitative estimate of drug-likeness (QED) is 0.186. The van der Waals surface area contributed by atoms with Crippen molar-refractivity contribution >= 4 is 28.9 Å². The summed E-state index contributed by atoms with van der Waals surface area (Å²) >= 11 is 0. The molecule has 14 heteroatoms. The summed E-state index contributed by atoms with van der Waals surface area (Å²) in [6.45, 7) is 1.70. The molecule has 0 spiro atoms. The number of benzene rings is 3. The van der Waals surface area contributed by atoms with Crippen molar-refractivity contribution in [3.63, 3.8) is 0 Å². The van der Waals surface area contributed by atoms with Crippen LogP contribution in [0.15, 0.2) is 174 Å². The number of aliphatic hydroxyl groups excluding tert-OH is 1. The molecule has 0 radical (unpaired) electrons. The molecule has 0 saturated carbocycles. The number of anilines is 4. The van der Waals surface area contributed by atoms with Crippen molar-refractivity contribution in [1.82, 2.24) is 43.4 Å². The normalized spacial score (nSPS) is 13.0. The molecule has 6 aromatic heterocycles. The fourth-order valence-electron chi connectivity index (χ4n) is 7.83. The minimum atomic E-state index is -0.745. The average molecular weight is 804 g/mol. The predicted molar refractivity (Wildman–Crippen MR) is 232 cm³/mol. The van der Waals surface area contributed by atoms with Crippen molar-refractivity contribution in [2.45, 2.75) is 25.7 Å². The van der Waals surface area contributed by atoms with Gasteiger partial charge in [-0.15, -0.1) is 0 Å². The highest BCUT2D eigenvalue weighted by Gasteiger charge is 2.29. The van der Waals surface area contributed by atoms with Gasteiger partial charge in [0.2, 0.25) is 11.9 Å². The number of β-amino-alcohol motifs (C(OH)–C–C–N with tert-alkyl or cyclic N) is 1. The molecule has 1 atom stereocenters. The molecule has 9 aromatic rings. The second-order valence-corrected chi connectivity index (χ2v) is 14.6. The molecule has 0 bridgehead atoms. The van der Waals surface area contributed by atoms with Crippen LogP contribution in [0.3, 0.4) is 0 Å². The molecule has 0 aliphatic carbocycles. The number of imidazole rings is 1. The van der Waals surface area contributed by atoms with E-state index in [4.69, 9.17) is 15.0 Å². The molecule has 0 amide bonds. The van der Waals surface area contributed by atoms with Gasteiger partial charge in [0.15, 0.2) is 0 Å². The van der Waals surface area contributed by atoms with Gasteiger partial charge in [-0.3, -0.25) is 23.7 Å². The Bertz CT molecular complexity index is 3100. The van der Waals surface area contributed by atoms with Crippen LogP contribution in [-0.4, -0.2) is 55.1 Å². The molecule has 11 rings (SSSR count). The molecular formula is C47H37N11O3. The number of pyridine rings is 2. The fraction of sp³-hybridized carbons (Fsp3) is 0.106. The zero-order chi connectivity index (χ0) is 41.3. The van der Waals surface area contributed by atoms with E-state index in [2.05, 4.69) is 32.0 Å². The van der Waals surface area contributed by atoms with Crippen LogP contribution < -0.4 is 20.9 Å². The van der Waals surface area contributed by atoms with Crippen LogP contribution in [0.2, 0.25) is 0 Å². The van der Waals surface area contributed by atoms with Crippen LogP contribution in [0, 0.1) is 0 Å². The lowest BCUT2D eigenvalue weighted by atomic mass is 10.1. The third-order valence-corrected chi connectivity index (χ3v) is 10.8. The number of nitrogens with zero attached hydrogens (tertiary/aromatic N) is 11. The summed E-state index contributed by atoms with van der Waals surface area (Å²) in [5, 5.41) is 10.9. The molecule has 0 fully saturated rings. The highest BCUT2D eigenvalue weighted by molar-refractivity contribution is 5.69. The van der Waals surface area contributed by atoms with Gasteiger partial charge in [-0.25, -0.2) is 24.9 Å². The number of fused-ring (bicyclic) bond motifs is 5. The third-order valence-electron chi connectivity index (χ3n) is 10.8. The summed E-state index contributed by atoms with van der Waals surface area (Å²) in [5.74, 6) is 1.11. The number of hydrogen-bond acceptors (Lipinski definition) is 11. The van der Waals surface area contributed by atoms with Gasteiger partial charge in [0.1, 0.15) is 12.0 Å². The monoisotopic (exact) mass is 803 g/mol. The Morgan fingerprint density at radius 3 is 1.93 bits per heavy atom. The van der Waals surface area contributed by atoms with Crippen molar-refractivity contribution in [2.24, 2.45) is 0 Å². The van der Waals surface area contributed by atoms with Gasteiger partial charge < -0.3 is 19.3 Å². The van der Waals surface area contributed by atoms with Crippen molar-refractivity contribution in [2.75, 3.05) is 16.3 Å². The fourth-order valence-corrected chi connectivity index (χ4v) is 7.83. The minimum absolute atomic E-state index is 0.0775. The first-order valence-corrected chi connectivity index (χ1v) is 19.7. The van der Waals surface area contributed by atoms with Crippen molar-refractivity contribution in [3.8, 4) is 22.6 Å². The van der Waals surface area contributed by atoms with E-state index in [0.29, 0.717) is 48.6 Å². The lowest BCUT2D eigenvalue weighted by Gasteiger charge is -2.34. The largest absolute Gasteiger partial charge is 0.387 e. The Morgan fingerprint density at radius 2 is 1.23 bits per heavy atom. The van der Waals surface area contributed by atoms with Crippen LogP contribution in [0.4, 0.5) is 23.3 Å². The SMILES string of the molecule is O=c1cc(-c2ccncc2)nc2n1Cc1ccccc1N2Cc1cn2ccccc2n1.O=c1cc(-c2ccncn2)nc2n1Cc1ccccc1N2C[C@@H](O)c1ccccc1. The molecular weight excluding hydrogens is 767 g/mol. The van der Waals surface area contributed by atoms with Crippen molar-refractivity contribution in [3.05, 3.63) is 208 Å². The van der Waals surface area contributed by atoms with Gasteiger partial charge in [-0.1, -0.05) is 72.8 Å². The van der Waals surface area contributed by atoms with Crippen molar-refractivity contribution < 1.29 is 5.11 Å². The van der Waals surface area contributed by atoms with E-state index in [0.717, 1.165) is 45.0 Å². The molecule has 2 aliphatic rings. The topological polar surface area (TPSA) is 152 Å². The molecule has 14 nitrogen and oxygen atoms in total. The molecule has 2 aliphatic heterocycles. The summed E-state index contributed by atoms with van der Waals surface area (Å²) in [6, 6.07) is 39.9. The van der Waals surface area contributed by atoms with Gasteiger partial charge in [-0.2, -0.15) is 0 Å². The Labute approximate surface area is 349 Å². The van der Waals surface area contributed by atoms with Crippen LogP contribution in [0.1, 0.15) is 28.5 Å². The van der Waals surface area contributed by atoms with Crippen LogP contribution in [0.25, 0.3) is 28.3 Å². The first kappa shape index (κ1) is 37.2. The number of hydrogen-bond donors (Lipinski definition) is 1. The Morgan fingerprint density at radius 1 is 0.607 bits per heavy atom. The second-order valence-electron chi connectivity index (χ2n) is 14.6. The van der Waals surface area contributed by atoms with Gasteiger partial charge in [0.05, 0.1) is 55.1 Å². The van der Waals surface area contributed by atoms with Gasteiger partial charge in [0, 0.05) is 60.1 Å². The first-order valence-electron chi connectivity index (χ1n) is 19.7. The van der Waals surface area contributed by atoms with Gasteiger partial charge in [0.25, 0.3) is 11.1 Å². The van der Waals surface area contributed by atoms with E-state index in [9.17, 15) is 14.7 Å². The standard InChI is InChI=1S/C24H18N6O.C23H19N5O2/c31-23-13-20(17-8-10-25-11-9-17)27-24-29(21-6-2-1-5-18(21)14-30(23)24)16-19-15-28-12-4-3-7-22(28)26-19;29-21(16-6-2-1-3-7-16)14-27-20-9-5-4-8-17(20)13-28-22(30)12-19(26-23(27)28)18-10-11-24-15-25-18/h1-13,15H,14,16H2;1-12,15,21,29H,13-14H2/t;21-/m.1/s1. The van der Waals surface area contributed by atoms with E-state index in [1.165, 1.54) is 12.4 Å². The van der Waals surface area contributed by atoms with Gasteiger partial charge >= 0.3 is 0 Å². The average Bonchev–Trinajstić information content (AvgIpc) is 3.73. The lowest BCUT2D eigenvalue weighted by molar-refractivity contribution is 0.185. The highest BCUT2D eigenvalue weighted by Crippen LogP contribution is 2.36. The lowest BCUT2D eigenvalue weighted by Crippen LogP contribution is -2.37. The molecule has 3 aromatic carbocycles. The summed E-state index contributed by atoms with van der Waals surface area (Å²) in [4.78, 5) is 56.7. The van der Waals surface area contributed by atoms with E-state index < -0.39 is 6.10 Å². The third kappa shape index (κ3) is 7.32. The molecule has 298 valence electrons.